The van der Waals surface area contributed by atoms with E-state index in [2.05, 4.69) is 20.4 Å². The molecule has 2 aliphatic carbocycles. The molecule has 3 fully saturated rings. The van der Waals surface area contributed by atoms with E-state index < -0.39 is 0 Å². The van der Waals surface area contributed by atoms with Crippen LogP contribution in [0.5, 0.6) is 0 Å². The van der Waals surface area contributed by atoms with Crippen molar-refractivity contribution >= 4 is 11.6 Å². The number of carbonyl (C=O) groups excluding carboxylic acids is 1. The van der Waals surface area contributed by atoms with Crippen LogP contribution in [0.2, 0.25) is 0 Å². The highest BCUT2D eigenvalue weighted by molar-refractivity contribution is 5.79. The zero-order chi connectivity index (χ0) is 16.8. The second kappa shape index (κ2) is 6.13. The van der Waals surface area contributed by atoms with Gasteiger partial charge in [-0.25, -0.2) is 4.98 Å². The van der Waals surface area contributed by atoms with E-state index >= 15 is 0 Å². The van der Waals surface area contributed by atoms with Crippen LogP contribution in [0.3, 0.4) is 0 Å². The van der Waals surface area contributed by atoms with Gasteiger partial charge in [-0.05, 0) is 43.2 Å². The maximum Gasteiger partial charge on any atom is 0.226 e. The Morgan fingerprint density at radius 1 is 1.12 bits per heavy atom. The van der Waals surface area contributed by atoms with Crippen molar-refractivity contribution in [2.45, 2.75) is 32.2 Å². The minimum Gasteiger partial charge on any atom is -0.340 e. The molecular formula is C20H26N4O. The molecule has 5 nitrogen and oxygen atoms in total. The van der Waals surface area contributed by atoms with Crippen molar-refractivity contribution in [1.82, 2.24) is 19.2 Å². The first kappa shape index (κ1) is 15.4. The van der Waals surface area contributed by atoms with Crippen LogP contribution < -0.4 is 0 Å². The first-order chi connectivity index (χ1) is 12.3. The Labute approximate surface area is 148 Å². The van der Waals surface area contributed by atoms with Crippen LogP contribution in [0, 0.1) is 17.8 Å². The number of aromatic nitrogens is 2. The van der Waals surface area contributed by atoms with Crippen molar-refractivity contribution in [3.05, 3.63) is 36.3 Å². The van der Waals surface area contributed by atoms with Crippen LogP contribution >= 0.6 is 0 Å². The first-order valence-electron chi connectivity index (χ1n) is 9.70. The molecule has 3 atom stereocenters. The summed E-state index contributed by atoms with van der Waals surface area (Å²) in [5.41, 5.74) is 2.11. The van der Waals surface area contributed by atoms with Crippen molar-refractivity contribution in [3.8, 4) is 0 Å². The van der Waals surface area contributed by atoms with E-state index in [0.717, 1.165) is 56.4 Å². The number of rotatable bonds is 3. The third kappa shape index (κ3) is 2.84. The molecule has 5 heteroatoms. The summed E-state index contributed by atoms with van der Waals surface area (Å²) >= 11 is 0. The SMILES string of the molecule is O=C([C@@H]1C[C@@H]2CC[C@@H]1C2)N1CCN(Cc2cn3ccccc3n2)CC1. The van der Waals surface area contributed by atoms with E-state index in [9.17, 15) is 4.79 Å². The topological polar surface area (TPSA) is 40.9 Å². The zero-order valence-electron chi connectivity index (χ0n) is 14.7. The Bertz CT molecular complexity index is 744. The molecular weight excluding hydrogens is 312 g/mol. The highest BCUT2D eigenvalue weighted by Crippen LogP contribution is 2.48. The van der Waals surface area contributed by atoms with Gasteiger partial charge in [-0.2, -0.15) is 0 Å². The van der Waals surface area contributed by atoms with Crippen molar-refractivity contribution in [1.29, 1.82) is 0 Å². The van der Waals surface area contributed by atoms with Crippen molar-refractivity contribution in [2.75, 3.05) is 26.2 Å². The lowest BCUT2D eigenvalue weighted by atomic mass is 9.87. The van der Waals surface area contributed by atoms with Gasteiger partial charge in [0, 0.05) is 51.0 Å². The van der Waals surface area contributed by atoms with Crippen molar-refractivity contribution in [3.63, 3.8) is 0 Å². The van der Waals surface area contributed by atoms with E-state index in [1.807, 2.05) is 24.4 Å². The molecule has 2 saturated carbocycles. The number of imidazole rings is 1. The van der Waals surface area contributed by atoms with Gasteiger partial charge in [-0.3, -0.25) is 9.69 Å². The largest absolute Gasteiger partial charge is 0.340 e. The predicted molar refractivity (Wildman–Crippen MR) is 96.0 cm³/mol. The Balaban J connectivity index is 1.18. The van der Waals surface area contributed by atoms with Gasteiger partial charge in [-0.1, -0.05) is 12.5 Å². The van der Waals surface area contributed by atoms with Gasteiger partial charge < -0.3 is 9.30 Å². The molecule has 0 aromatic carbocycles. The lowest BCUT2D eigenvalue weighted by Crippen LogP contribution is -2.50. The first-order valence-corrected chi connectivity index (χ1v) is 9.70. The van der Waals surface area contributed by atoms with E-state index in [4.69, 9.17) is 4.98 Å². The molecule has 0 radical (unpaired) electrons. The Morgan fingerprint density at radius 2 is 2.00 bits per heavy atom. The summed E-state index contributed by atoms with van der Waals surface area (Å²) in [5.74, 6) is 2.31. The summed E-state index contributed by atoms with van der Waals surface area (Å²) in [6, 6.07) is 6.08. The molecule has 1 amide bonds. The number of nitrogens with zero attached hydrogens (tertiary/aromatic N) is 4. The van der Waals surface area contributed by atoms with Gasteiger partial charge in [0.1, 0.15) is 5.65 Å². The van der Waals surface area contributed by atoms with E-state index in [-0.39, 0.29) is 0 Å². The van der Waals surface area contributed by atoms with Crippen molar-refractivity contribution < 1.29 is 4.79 Å². The number of fused-ring (bicyclic) bond motifs is 3. The van der Waals surface area contributed by atoms with Crippen LogP contribution in [0.25, 0.3) is 5.65 Å². The average molecular weight is 338 g/mol. The van der Waals surface area contributed by atoms with Gasteiger partial charge in [0.05, 0.1) is 5.69 Å². The fourth-order valence-corrected chi connectivity index (χ4v) is 5.20. The number of pyridine rings is 1. The second-order valence-electron chi connectivity index (χ2n) is 8.08. The summed E-state index contributed by atoms with van der Waals surface area (Å²) in [6.45, 7) is 4.54. The van der Waals surface area contributed by atoms with Crippen LogP contribution in [-0.2, 0) is 11.3 Å². The van der Waals surface area contributed by atoms with E-state index in [0.29, 0.717) is 17.7 Å². The quantitative estimate of drug-likeness (QED) is 0.863. The Hall–Kier alpha value is -1.88. The third-order valence-electron chi connectivity index (χ3n) is 6.54. The molecule has 132 valence electrons. The third-order valence-corrected chi connectivity index (χ3v) is 6.54. The smallest absolute Gasteiger partial charge is 0.226 e. The van der Waals surface area contributed by atoms with Crippen LogP contribution in [0.1, 0.15) is 31.4 Å². The van der Waals surface area contributed by atoms with Gasteiger partial charge in [0.2, 0.25) is 5.91 Å². The molecule has 25 heavy (non-hydrogen) atoms. The van der Waals surface area contributed by atoms with Crippen LogP contribution in [0.15, 0.2) is 30.6 Å². The van der Waals surface area contributed by atoms with Gasteiger partial charge in [0.25, 0.3) is 0 Å². The normalized spacial score (nSPS) is 29.6. The number of piperazine rings is 1. The Morgan fingerprint density at radius 3 is 2.72 bits per heavy atom. The molecule has 1 aliphatic heterocycles. The monoisotopic (exact) mass is 338 g/mol. The molecule has 0 spiro atoms. The molecule has 1 saturated heterocycles. The van der Waals surface area contributed by atoms with Gasteiger partial charge in [-0.15, -0.1) is 0 Å². The summed E-state index contributed by atoms with van der Waals surface area (Å²) in [7, 11) is 0. The van der Waals surface area contributed by atoms with Gasteiger partial charge in [0.15, 0.2) is 0 Å². The summed E-state index contributed by atoms with van der Waals surface area (Å²) < 4.78 is 2.07. The summed E-state index contributed by atoms with van der Waals surface area (Å²) in [6.07, 6.45) is 9.27. The zero-order valence-corrected chi connectivity index (χ0v) is 14.7. The fourth-order valence-electron chi connectivity index (χ4n) is 5.20. The van der Waals surface area contributed by atoms with Crippen LogP contribution in [0.4, 0.5) is 0 Å². The van der Waals surface area contributed by atoms with Crippen molar-refractivity contribution in [2.24, 2.45) is 17.8 Å². The molecule has 3 aliphatic rings. The molecule has 2 aromatic rings. The number of hydrogen-bond acceptors (Lipinski definition) is 3. The highest BCUT2D eigenvalue weighted by atomic mass is 16.2. The number of carbonyl (C=O) groups is 1. The molecule has 3 heterocycles. The van der Waals surface area contributed by atoms with E-state index in [1.165, 1.54) is 19.3 Å². The molecule has 2 aromatic heterocycles. The standard InChI is InChI=1S/C20H26N4O/c25-20(18-12-15-4-5-16(18)11-15)23-9-7-22(8-10-23)13-17-14-24-6-2-1-3-19(24)21-17/h1-3,6,14-16,18H,4-5,7-13H2/t15-,16-,18-/m1/s1. The lowest BCUT2D eigenvalue weighted by molar-refractivity contribution is -0.139. The summed E-state index contributed by atoms with van der Waals surface area (Å²) in [5, 5.41) is 0. The highest BCUT2D eigenvalue weighted by Gasteiger charge is 2.44. The fraction of sp³-hybridized carbons (Fsp3) is 0.600. The predicted octanol–water partition coefficient (Wildman–Crippen LogP) is 2.41. The minimum absolute atomic E-state index is 0.337. The minimum atomic E-state index is 0.337. The van der Waals surface area contributed by atoms with Crippen LogP contribution in [-0.4, -0.2) is 51.3 Å². The molecule has 0 N–H and O–H groups in total. The molecule has 0 unspecified atom stereocenters. The lowest BCUT2D eigenvalue weighted by Gasteiger charge is -2.37. The van der Waals surface area contributed by atoms with Gasteiger partial charge >= 0.3 is 0 Å². The van der Waals surface area contributed by atoms with E-state index in [1.54, 1.807) is 0 Å². The molecule has 2 bridgehead atoms. The average Bonchev–Trinajstić information content (AvgIpc) is 3.36. The maximum atomic E-state index is 12.9. The molecule has 5 rings (SSSR count). The number of hydrogen-bond donors (Lipinski definition) is 0. The maximum absolute atomic E-state index is 12.9. The number of amides is 1. The summed E-state index contributed by atoms with van der Waals surface area (Å²) in [4.78, 5) is 22.1. The second-order valence-corrected chi connectivity index (χ2v) is 8.08. The Kier molecular flexibility index (Phi) is 3.77.